The summed E-state index contributed by atoms with van der Waals surface area (Å²) in [5.41, 5.74) is 2.21. The van der Waals surface area contributed by atoms with Gasteiger partial charge in [0.05, 0.1) is 5.75 Å². The van der Waals surface area contributed by atoms with E-state index < -0.39 is 6.03 Å². The molecule has 25 heavy (non-hydrogen) atoms. The minimum Gasteiger partial charge on any atom is -0.336 e. The van der Waals surface area contributed by atoms with Crippen LogP contribution in [0.2, 0.25) is 0 Å². The summed E-state index contributed by atoms with van der Waals surface area (Å²) in [6.07, 6.45) is 0.997. The molecule has 134 valence electrons. The molecule has 0 saturated heterocycles. The Morgan fingerprint density at radius 1 is 1.20 bits per heavy atom. The van der Waals surface area contributed by atoms with E-state index in [0.717, 1.165) is 12.1 Å². The van der Waals surface area contributed by atoms with Gasteiger partial charge in [0.25, 0.3) is 0 Å². The average Bonchev–Trinajstić information content (AvgIpc) is 3.00. The monoisotopic (exact) mass is 379 g/mol. The summed E-state index contributed by atoms with van der Waals surface area (Å²) in [6, 6.07) is 7.60. The molecule has 0 atom stereocenters. The number of carbonyl (C=O) groups excluding carboxylic acids is 2. The summed E-state index contributed by atoms with van der Waals surface area (Å²) in [4.78, 5) is 23.2. The zero-order chi connectivity index (χ0) is 18.2. The van der Waals surface area contributed by atoms with E-state index in [4.69, 9.17) is 0 Å². The number of nitrogens with zero attached hydrogens (tertiary/aromatic N) is 2. The maximum atomic E-state index is 11.7. The Kier molecular flexibility index (Phi) is 7.20. The van der Waals surface area contributed by atoms with Crippen LogP contribution in [0.3, 0.4) is 0 Å². The Balaban J connectivity index is 1.80. The van der Waals surface area contributed by atoms with Crippen molar-refractivity contribution >= 4 is 45.9 Å². The van der Waals surface area contributed by atoms with Crippen molar-refractivity contribution in [3.63, 3.8) is 0 Å². The number of benzene rings is 1. The van der Waals surface area contributed by atoms with Gasteiger partial charge in [-0.2, -0.15) is 0 Å². The molecule has 0 saturated carbocycles. The Morgan fingerprint density at radius 2 is 1.92 bits per heavy atom. The number of anilines is 2. The van der Waals surface area contributed by atoms with Gasteiger partial charge in [0.2, 0.25) is 11.0 Å². The lowest BCUT2D eigenvalue weighted by atomic mass is 10.1. The van der Waals surface area contributed by atoms with E-state index in [2.05, 4.69) is 45.2 Å². The van der Waals surface area contributed by atoms with Crippen LogP contribution in [-0.2, 0) is 11.2 Å². The second kappa shape index (κ2) is 9.38. The molecule has 0 spiro atoms. The molecule has 3 N–H and O–H groups in total. The third-order valence-corrected chi connectivity index (χ3v) is 4.99. The molecule has 0 aliphatic carbocycles. The topological polar surface area (TPSA) is 96.0 Å². The molecular weight excluding hydrogens is 358 g/mol. The molecule has 0 unspecified atom stereocenters. The first-order valence-corrected chi connectivity index (χ1v) is 9.69. The summed E-state index contributed by atoms with van der Waals surface area (Å²) in [5.74, 6) is -0.270. The van der Waals surface area contributed by atoms with Crippen molar-refractivity contribution in [2.45, 2.75) is 37.6 Å². The van der Waals surface area contributed by atoms with E-state index in [1.807, 2.05) is 26.0 Å². The lowest BCUT2D eigenvalue weighted by molar-refractivity contribution is -0.117. The smallest absolute Gasteiger partial charge is 0.321 e. The normalized spacial score (nSPS) is 10.6. The van der Waals surface area contributed by atoms with Crippen molar-refractivity contribution in [3.05, 3.63) is 29.8 Å². The Labute approximate surface area is 155 Å². The zero-order valence-electron chi connectivity index (χ0n) is 14.3. The van der Waals surface area contributed by atoms with E-state index in [-0.39, 0.29) is 17.7 Å². The molecule has 1 heterocycles. The quantitative estimate of drug-likeness (QED) is 0.640. The van der Waals surface area contributed by atoms with Gasteiger partial charge in [0, 0.05) is 11.7 Å². The first-order valence-electron chi connectivity index (χ1n) is 7.89. The first kappa shape index (κ1) is 19.2. The van der Waals surface area contributed by atoms with Crippen molar-refractivity contribution in [1.82, 2.24) is 20.8 Å². The molecule has 0 aliphatic rings. The highest BCUT2D eigenvalue weighted by Crippen LogP contribution is 2.27. The van der Waals surface area contributed by atoms with Crippen LogP contribution in [0.1, 0.15) is 26.3 Å². The third-order valence-electron chi connectivity index (χ3n) is 3.02. The van der Waals surface area contributed by atoms with Crippen LogP contribution in [0.5, 0.6) is 0 Å². The van der Waals surface area contributed by atoms with E-state index in [9.17, 15) is 9.59 Å². The number of hydrogen-bond acceptors (Lipinski definition) is 7. The van der Waals surface area contributed by atoms with E-state index >= 15 is 0 Å². The number of carbonyl (C=O) groups is 2. The number of nitrogens with one attached hydrogen (secondary N) is 3. The molecule has 1 aromatic carbocycles. The fourth-order valence-corrected chi connectivity index (χ4v) is 3.43. The molecule has 1 aromatic heterocycles. The van der Waals surface area contributed by atoms with Crippen molar-refractivity contribution in [2.75, 3.05) is 11.1 Å². The molecule has 9 heteroatoms. The van der Waals surface area contributed by atoms with Crippen molar-refractivity contribution < 1.29 is 9.59 Å². The summed E-state index contributed by atoms with van der Waals surface area (Å²) >= 11 is 2.60. The first-order chi connectivity index (χ1) is 12.0. The van der Waals surface area contributed by atoms with Gasteiger partial charge in [0.1, 0.15) is 0 Å². The molecular formula is C16H21N5O2S2. The van der Waals surface area contributed by atoms with Crippen LogP contribution in [0.4, 0.5) is 15.6 Å². The number of thioether (sulfide) groups is 1. The number of urea groups is 1. The van der Waals surface area contributed by atoms with E-state index in [0.29, 0.717) is 9.47 Å². The van der Waals surface area contributed by atoms with Crippen molar-refractivity contribution in [1.29, 1.82) is 0 Å². The predicted molar refractivity (Wildman–Crippen MR) is 102 cm³/mol. The lowest BCUT2D eigenvalue weighted by Crippen LogP contribution is -2.43. The van der Waals surface area contributed by atoms with Crippen molar-refractivity contribution in [2.24, 2.45) is 0 Å². The molecule has 0 aliphatic heterocycles. The SMILES string of the molecule is CCc1ccc(Nc2nnc(SCC(=O)NC(=O)NC(C)C)s2)cc1. The van der Waals surface area contributed by atoms with E-state index in [1.54, 1.807) is 0 Å². The fourth-order valence-electron chi connectivity index (χ4n) is 1.85. The van der Waals surface area contributed by atoms with Crippen LogP contribution in [0.15, 0.2) is 28.6 Å². The van der Waals surface area contributed by atoms with Gasteiger partial charge in [-0.1, -0.05) is 42.2 Å². The Hall–Kier alpha value is -2.13. The number of aryl methyl sites for hydroxylation is 1. The molecule has 2 rings (SSSR count). The largest absolute Gasteiger partial charge is 0.336 e. The maximum absolute atomic E-state index is 11.7. The number of rotatable bonds is 7. The molecule has 0 fully saturated rings. The maximum Gasteiger partial charge on any atom is 0.321 e. The van der Waals surface area contributed by atoms with Crippen LogP contribution < -0.4 is 16.0 Å². The van der Waals surface area contributed by atoms with Gasteiger partial charge >= 0.3 is 6.03 Å². The van der Waals surface area contributed by atoms with Crippen LogP contribution in [0, 0.1) is 0 Å². The highest BCUT2D eigenvalue weighted by molar-refractivity contribution is 8.01. The molecule has 0 bridgehead atoms. The average molecular weight is 380 g/mol. The zero-order valence-corrected chi connectivity index (χ0v) is 16.0. The fraction of sp³-hybridized carbons (Fsp3) is 0.375. The highest BCUT2D eigenvalue weighted by Gasteiger charge is 2.11. The number of hydrogen-bond donors (Lipinski definition) is 3. The summed E-state index contributed by atoms with van der Waals surface area (Å²) < 4.78 is 0.659. The van der Waals surface area contributed by atoms with Gasteiger partial charge in [0.15, 0.2) is 4.34 Å². The summed E-state index contributed by atoms with van der Waals surface area (Å²) in [6.45, 7) is 5.76. The lowest BCUT2D eigenvalue weighted by Gasteiger charge is -2.08. The third kappa shape index (κ3) is 6.71. The minimum absolute atomic E-state index is 0.0244. The second-order valence-electron chi connectivity index (χ2n) is 5.51. The molecule has 3 amide bonds. The second-order valence-corrected chi connectivity index (χ2v) is 7.71. The minimum atomic E-state index is -0.490. The molecule has 7 nitrogen and oxygen atoms in total. The van der Waals surface area contributed by atoms with Crippen molar-refractivity contribution in [3.8, 4) is 0 Å². The number of imide groups is 1. The highest BCUT2D eigenvalue weighted by atomic mass is 32.2. The van der Waals surface area contributed by atoms with Gasteiger partial charge < -0.3 is 10.6 Å². The Morgan fingerprint density at radius 3 is 2.56 bits per heavy atom. The van der Waals surface area contributed by atoms with Gasteiger partial charge in [-0.25, -0.2) is 4.79 Å². The molecule has 2 aromatic rings. The number of aromatic nitrogens is 2. The van der Waals surface area contributed by atoms with Gasteiger partial charge in [-0.3, -0.25) is 10.1 Å². The standard InChI is InChI=1S/C16H21N5O2S2/c1-4-11-5-7-12(8-6-11)18-15-20-21-16(25-15)24-9-13(22)19-14(23)17-10(2)3/h5-8,10H,4,9H2,1-3H3,(H,18,20)(H2,17,19,22,23). The van der Waals surface area contributed by atoms with E-state index in [1.165, 1.54) is 28.7 Å². The van der Waals surface area contributed by atoms with Crippen LogP contribution in [0.25, 0.3) is 0 Å². The molecule has 0 radical (unpaired) electrons. The summed E-state index contributed by atoms with van der Waals surface area (Å²) in [7, 11) is 0. The Bertz CT molecular complexity index is 716. The number of amides is 3. The van der Waals surface area contributed by atoms with Gasteiger partial charge in [-0.15, -0.1) is 10.2 Å². The van der Waals surface area contributed by atoms with Crippen LogP contribution >= 0.6 is 23.1 Å². The van der Waals surface area contributed by atoms with Gasteiger partial charge in [-0.05, 0) is 38.0 Å². The predicted octanol–water partition coefficient (Wildman–Crippen LogP) is 3.17. The van der Waals surface area contributed by atoms with Crippen LogP contribution in [-0.4, -0.2) is 33.9 Å². The summed E-state index contributed by atoms with van der Waals surface area (Å²) in [5, 5.41) is 16.8.